The second-order valence-corrected chi connectivity index (χ2v) is 18.1. The Labute approximate surface area is 363 Å². The lowest BCUT2D eigenvalue weighted by Crippen LogP contribution is -2.49. The average Bonchev–Trinajstić information content (AvgIpc) is 3.93. The van der Waals surface area contributed by atoms with E-state index in [0.717, 1.165) is 31.0 Å². The van der Waals surface area contributed by atoms with Gasteiger partial charge in [0.2, 0.25) is 23.6 Å². The Morgan fingerprint density at radius 3 is 2.42 bits per heavy atom. The maximum atomic E-state index is 15.3. The molecule has 4 aromatic carbocycles. The number of benzene rings is 4. The molecule has 2 aliphatic carbocycles. The molecular weight excluding hydrogens is 830 g/mol. The van der Waals surface area contributed by atoms with E-state index in [4.69, 9.17) is 21.4 Å². The molecule has 6 aromatic rings. The molecule has 6 unspecified atom stereocenters. The number of phenolic OH excluding ortho intramolecular Hbond substituents is 1. The number of hydrogen-bond donors (Lipinski definition) is 1. The highest BCUT2D eigenvalue weighted by atomic mass is 35.5. The molecule has 15 heteroatoms. The number of aromatic hydroxyl groups is 1. The normalized spacial score (nSPS) is 24.3. The van der Waals surface area contributed by atoms with Crippen LogP contribution in [0.2, 0.25) is 5.02 Å². The first-order chi connectivity index (χ1) is 29.8. The van der Waals surface area contributed by atoms with Gasteiger partial charge in [0.05, 0.1) is 38.7 Å². The van der Waals surface area contributed by atoms with Crippen molar-refractivity contribution in [3.63, 3.8) is 0 Å². The van der Waals surface area contributed by atoms with E-state index >= 15 is 9.59 Å². The molecule has 2 aliphatic heterocycles. The summed E-state index contributed by atoms with van der Waals surface area (Å²) in [4.78, 5) is 73.0. The molecule has 62 heavy (non-hydrogen) atoms. The Bertz CT molecular complexity index is 2940. The van der Waals surface area contributed by atoms with Gasteiger partial charge in [-0.3, -0.25) is 38.9 Å². The zero-order valence-electron chi connectivity index (χ0n) is 33.7. The van der Waals surface area contributed by atoms with E-state index in [1.165, 1.54) is 51.3 Å². The van der Waals surface area contributed by atoms with Gasteiger partial charge in [0.1, 0.15) is 29.6 Å². The van der Waals surface area contributed by atoms with Crippen LogP contribution in [0.4, 0.5) is 17.2 Å². The summed E-state index contributed by atoms with van der Waals surface area (Å²) in [7, 11) is 1.68. The van der Waals surface area contributed by atoms with Gasteiger partial charge in [0.25, 0.3) is 5.69 Å². The van der Waals surface area contributed by atoms with Crippen LogP contribution in [0.5, 0.6) is 11.5 Å². The number of anilines is 2. The Kier molecular flexibility index (Phi) is 9.23. The molecule has 312 valence electrons. The minimum absolute atomic E-state index is 0.0914. The summed E-state index contributed by atoms with van der Waals surface area (Å²) in [6.45, 7) is 3.99. The maximum absolute atomic E-state index is 15.3. The minimum atomic E-state index is -1.44. The van der Waals surface area contributed by atoms with Gasteiger partial charge in [-0.05, 0) is 85.5 Å². The van der Waals surface area contributed by atoms with Crippen molar-refractivity contribution >= 4 is 73.8 Å². The van der Waals surface area contributed by atoms with Crippen LogP contribution in [0.15, 0.2) is 109 Å². The zero-order chi connectivity index (χ0) is 43.4. The van der Waals surface area contributed by atoms with E-state index in [0.29, 0.717) is 27.6 Å². The number of thiophene rings is 1. The minimum Gasteiger partial charge on any atom is -0.508 e. The number of nitro groups is 1. The van der Waals surface area contributed by atoms with Gasteiger partial charge in [0.15, 0.2) is 0 Å². The van der Waals surface area contributed by atoms with Crippen molar-refractivity contribution in [3.8, 4) is 22.1 Å². The fraction of sp³-hybridized carbons (Fsp3) is 0.255. The third kappa shape index (κ3) is 5.91. The van der Waals surface area contributed by atoms with Crippen molar-refractivity contribution in [2.45, 2.75) is 39.2 Å². The molecule has 4 amide bonds. The van der Waals surface area contributed by atoms with Crippen LogP contribution in [-0.4, -0.2) is 43.4 Å². The molecule has 0 radical (unpaired) electrons. The van der Waals surface area contributed by atoms with Gasteiger partial charge in [-0.2, -0.15) is 5.10 Å². The number of amides is 4. The highest BCUT2D eigenvalue weighted by Crippen LogP contribution is 2.64. The quantitative estimate of drug-likeness (QED) is 0.0681. The lowest BCUT2D eigenvalue weighted by Gasteiger charge is -2.49. The third-order valence-electron chi connectivity index (χ3n) is 13.4. The van der Waals surface area contributed by atoms with E-state index in [9.17, 15) is 24.8 Å². The van der Waals surface area contributed by atoms with Gasteiger partial charge in [-0.15, -0.1) is 11.3 Å². The maximum Gasteiger partial charge on any atom is 0.269 e. The Morgan fingerprint density at radius 2 is 1.69 bits per heavy atom. The first-order valence-electron chi connectivity index (χ1n) is 20.2. The van der Waals surface area contributed by atoms with E-state index in [1.807, 2.05) is 61.5 Å². The van der Waals surface area contributed by atoms with E-state index in [2.05, 4.69) is 0 Å². The summed E-state index contributed by atoms with van der Waals surface area (Å²) in [6, 6.07) is 27.2. The number of allylic oxidation sites excluding steroid dienone is 2. The molecule has 3 fully saturated rings. The molecule has 4 heterocycles. The fourth-order valence-electron chi connectivity index (χ4n) is 10.4. The van der Waals surface area contributed by atoms with Crippen molar-refractivity contribution in [1.29, 1.82) is 0 Å². The van der Waals surface area contributed by atoms with Crippen molar-refractivity contribution < 1.29 is 33.9 Å². The van der Waals surface area contributed by atoms with Gasteiger partial charge >= 0.3 is 0 Å². The standard InChI is InChI=1S/C47H38ClN5O8S/c1-24-33-19-26(48)9-18-38(33)62-42(24)36-22-39(50(3)49-36)52-44(56)35-21-34-30(16-17-32-40(34)45(57)51(43(32)55)27-10-12-28(13-11-27)53(59)60)41(47(35,2)46(52)58)31-15-14-29(20-37(31)54)61-23-25-7-5-4-6-8-25/h4-16,18-20,22,32,34-35,40-41,54H,17,21,23H2,1-3H3. The molecule has 0 bridgehead atoms. The molecule has 1 saturated carbocycles. The summed E-state index contributed by atoms with van der Waals surface area (Å²) in [5.74, 6) is -5.47. The van der Waals surface area contributed by atoms with Crippen LogP contribution in [0.25, 0.3) is 20.7 Å². The molecule has 6 atom stereocenters. The number of carbonyl (C=O) groups is 4. The number of halogens is 1. The first-order valence-corrected chi connectivity index (χ1v) is 21.4. The van der Waals surface area contributed by atoms with Crippen LogP contribution in [0.3, 0.4) is 0 Å². The second-order valence-electron chi connectivity index (χ2n) is 16.6. The van der Waals surface area contributed by atoms with E-state index < -0.39 is 63.6 Å². The van der Waals surface area contributed by atoms with Gasteiger partial charge < -0.3 is 9.84 Å². The molecule has 2 aromatic heterocycles. The van der Waals surface area contributed by atoms with E-state index in [1.54, 1.807) is 32.2 Å². The predicted octanol–water partition coefficient (Wildman–Crippen LogP) is 8.89. The van der Waals surface area contributed by atoms with Gasteiger partial charge in [-0.1, -0.05) is 59.6 Å². The Hall–Kier alpha value is -6.64. The highest BCUT2D eigenvalue weighted by Gasteiger charge is 2.68. The van der Waals surface area contributed by atoms with Crippen LogP contribution < -0.4 is 14.5 Å². The molecular formula is C47H38ClN5O8S. The number of nitro benzene ring substituents is 1. The Balaban J connectivity index is 1.06. The SMILES string of the molecule is Cc1c(-c2cc(N3C(=O)C4CC5C(=CCC6C(=O)N(c7ccc([N+](=O)[O-])cc7)C(=O)C65)C(c5ccc(OCc6ccccc6)cc5O)C4(C)C3=O)n(C)n2)sc2ccc(Cl)cc12. The molecule has 10 rings (SSSR count). The highest BCUT2D eigenvalue weighted by molar-refractivity contribution is 7.22. The smallest absolute Gasteiger partial charge is 0.269 e. The summed E-state index contributed by atoms with van der Waals surface area (Å²) in [5, 5.41) is 29.7. The number of non-ortho nitro benzene ring substituents is 1. The summed E-state index contributed by atoms with van der Waals surface area (Å²) >= 11 is 7.87. The number of nitrogens with zero attached hydrogens (tertiary/aromatic N) is 5. The van der Waals surface area contributed by atoms with Gasteiger partial charge in [0, 0.05) is 52.5 Å². The number of imide groups is 2. The molecule has 4 aliphatic rings. The van der Waals surface area contributed by atoms with Crippen molar-refractivity contribution in [2.75, 3.05) is 9.80 Å². The number of rotatable bonds is 8. The summed E-state index contributed by atoms with van der Waals surface area (Å²) in [5.41, 5.74) is 2.15. The Morgan fingerprint density at radius 1 is 0.935 bits per heavy atom. The monoisotopic (exact) mass is 867 g/mol. The van der Waals surface area contributed by atoms with Crippen LogP contribution in [-0.2, 0) is 32.8 Å². The molecule has 2 saturated heterocycles. The van der Waals surface area contributed by atoms with Crippen LogP contribution in [0, 0.1) is 46.1 Å². The van der Waals surface area contributed by atoms with Crippen LogP contribution >= 0.6 is 22.9 Å². The number of aryl methyl sites for hydroxylation is 2. The summed E-state index contributed by atoms with van der Waals surface area (Å²) in [6.07, 6.45) is 2.17. The lowest BCUT2D eigenvalue weighted by molar-refractivity contribution is -0.384. The van der Waals surface area contributed by atoms with E-state index in [-0.39, 0.29) is 42.4 Å². The largest absolute Gasteiger partial charge is 0.508 e. The fourth-order valence-corrected chi connectivity index (χ4v) is 11.7. The van der Waals surface area contributed by atoms with Crippen molar-refractivity contribution in [1.82, 2.24) is 9.78 Å². The zero-order valence-corrected chi connectivity index (χ0v) is 35.2. The topological polar surface area (TPSA) is 165 Å². The van der Waals surface area contributed by atoms with Crippen LogP contribution in [0.1, 0.15) is 42.4 Å². The predicted molar refractivity (Wildman–Crippen MR) is 233 cm³/mol. The average molecular weight is 868 g/mol. The number of carbonyl (C=O) groups excluding carboxylic acids is 4. The third-order valence-corrected chi connectivity index (χ3v) is 14.9. The summed E-state index contributed by atoms with van der Waals surface area (Å²) < 4.78 is 8.59. The first kappa shape index (κ1) is 39.5. The number of fused-ring (bicyclic) bond motifs is 5. The number of phenols is 1. The van der Waals surface area contributed by atoms with Crippen molar-refractivity contribution in [3.05, 3.63) is 141 Å². The number of aromatic nitrogens is 2. The number of hydrogen-bond acceptors (Lipinski definition) is 10. The second kappa shape index (κ2) is 14.5. The molecule has 0 spiro atoms. The number of ether oxygens (including phenoxy) is 1. The van der Waals surface area contributed by atoms with Gasteiger partial charge in [-0.25, -0.2) is 4.90 Å². The molecule has 1 N–H and O–H groups in total. The lowest BCUT2D eigenvalue weighted by atomic mass is 9.51. The molecule has 13 nitrogen and oxygen atoms in total. The van der Waals surface area contributed by atoms with Crippen molar-refractivity contribution in [2.24, 2.45) is 36.1 Å².